The zero-order chi connectivity index (χ0) is 16.2. The summed E-state index contributed by atoms with van der Waals surface area (Å²) < 4.78 is 5.11. The van der Waals surface area contributed by atoms with E-state index in [0.29, 0.717) is 48.4 Å². The third-order valence-electron chi connectivity index (χ3n) is 3.66. The molecule has 1 fully saturated rings. The normalized spacial score (nSPS) is 14.4. The second-order valence-electron chi connectivity index (χ2n) is 4.95. The van der Waals surface area contributed by atoms with Crippen LogP contribution in [0.15, 0.2) is 23.7 Å². The molecule has 0 unspecified atom stereocenters. The standard InChI is InChI=1S/C15H15N5O2S/c1-22-12-2-4-17-15(18-12)20-7-5-19(6-8-20)14(21)13-11(10-16)3-9-23-13/h2-4,9H,5-8H2,1H3. The quantitative estimate of drug-likeness (QED) is 0.846. The summed E-state index contributed by atoms with van der Waals surface area (Å²) in [7, 11) is 1.57. The van der Waals surface area contributed by atoms with Crippen LogP contribution in [0.25, 0.3) is 0 Å². The Morgan fingerprint density at radius 1 is 1.35 bits per heavy atom. The molecule has 0 aromatic carbocycles. The van der Waals surface area contributed by atoms with Crippen LogP contribution < -0.4 is 9.64 Å². The lowest BCUT2D eigenvalue weighted by Gasteiger charge is -2.34. The minimum atomic E-state index is -0.0808. The third kappa shape index (κ3) is 3.10. The lowest BCUT2D eigenvalue weighted by molar-refractivity contribution is 0.0751. The number of rotatable bonds is 3. The first-order chi connectivity index (χ1) is 11.2. The minimum absolute atomic E-state index is 0.0808. The minimum Gasteiger partial charge on any atom is -0.481 e. The first-order valence-electron chi connectivity index (χ1n) is 7.12. The van der Waals surface area contributed by atoms with Gasteiger partial charge in [0.1, 0.15) is 10.9 Å². The molecule has 2 aromatic rings. The monoisotopic (exact) mass is 329 g/mol. The number of anilines is 1. The fourth-order valence-corrected chi connectivity index (χ4v) is 3.23. The van der Waals surface area contributed by atoms with Crippen molar-refractivity contribution in [2.24, 2.45) is 0 Å². The van der Waals surface area contributed by atoms with E-state index in [1.165, 1.54) is 11.3 Å². The maximum absolute atomic E-state index is 12.5. The number of piperazine rings is 1. The molecular formula is C15H15N5O2S. The number of carbonyl (C=O) groups is 1. The molecule has 0 N–H and O–H groups in total. The average molecular weight is 329 g/mol. The maximum atomic E-state index is 12.5. The van der Waals surface area contributed by atoms with Crippen molar-refractivity contribution < 1.29 is 9.53 Å². The summed E-state index contributed by atoms with van der Waals surface area (Å²) in [5.74, 6) is 1.04. The molecule has 0 atom stereocenters. The van der Waals surface area contributed by atoms with Gasteiger partial charge < -0.3 is 14.5 Å². The van der Waals surface area contributed by atoms with E-state index in [4.69, 9.17) is 10.00 Å². The zero-order valence-electron chi connectivity index (χ0n) is 12.6. The summed E-state index contributed by atoms with van der Waals surface area (Å²) in [6.45, 7) is 2.43. The first kappa shape index (κ1) is 15.2. The van der Waals surface area contributed by atoms with Crippen molar-refractivity contribution in [3.05, 3.63) is 34.2 Å². The van der Waals surface area contributed by atoms with E-state index in [9.17, 15) is 4.79 Å². The Bertz CT molecular complexity index is 746. The molecule has 7 nitrogen and oxygen atoms in total. The number of hydrogen-bond donors (Lipinski definition) is 0. The fourth-order valence-electron chi connectivity index (χ4n) is 2.41. The van der Waals surface area contributed by atoms with Gasteiger partial charge in [-0.05, 0) is 11.4 Å². The number of nitriles is 1. The summed E-state index contributed by atoms with van der Waals surface area (Å²) in [6, 6.07) is 5.44. The van der Waals surface area contributed by atoms with E-state index in [0.717, 1.165) is 0 Å². The number of amides is 1. The summed E-state index contributed by atoms with van der Waals surface area (Å²) in [6.07, 6.45) is 1.66. The average Bonchev–Trinajstić information content (AvgIpc) is 3.10. The lowest BCUT2D eigenvalue weighted by Crippen LogP contribution is -2.49. The Kier molecular flexibility index (Phi) is 4.39. The molecule has 0 aliphatic carbocycles. The van der Waals surface area contributed by atoms with Crippen LogP contribution in [0, 0.1) is 11.3 Å². The fraction of sp³-hybridized carbons (Fsp3) is 0.333. The molecular weight excluding hydrogens is 314 g/mol. The zero-order valence-corrected chi connectivity index (χ0v) is 13.4. The first-order valence-corrected chi connectivity index (χ1v) is 7.99. The predicted molar refractivity (Wildman–Crippen MR) is 85.7 cm³/mol. The number of methoxy groups -OCH3 is 1. The molecule has 0 spiro atoms. The van der Waals surface area contributed by atoms with Gasteiger partial charge in [0.2, 0.25) is 11.8 Å². The van der Waals surface area contributed by atoms with Gasteiger partial charge in [-0.3, -0.25) is 4.79 Å². The van der Waals surface area contributed by atoms with E-state index >= 15 is 0 Å². The van der Waals surface area contributed by atoms with E-state index in [1.807, 2.05) is 4.90 Å². The summed E-state index contributed by atoms with van der Waals surface area (Å²) in [5.41, 5.74) is 0.443. The van der Waals surface area contributed by atoms with Crippen molar-refractivity contribution in [2.75, 3.05) is 38.2 Å². The van der Waals surface area contributed by atoms with E-state index in [-0.39, 0.29) is 5.91 Å². The highest BCUT2D eigenvalue weighted by Crippen LogP contribution is 2.20. The van der Waals surface area contributed by atoms with Gasteiger partial charge in [0.25, 0.3) is 5.91 Å². The van der Waals surface area contributed by atoms with E-state index < -0.39 is 0 Å². The molecule has 8 heteroatoms. The van der Waals surface area contributed by atoms with Gasteiger partial charge in [0.05, 0.1) is 12.7 Å². The Hall–Kier alpha value is -2.66. The lowest BCUT2D eigenvalue weighted by atomic mass is 10.2. The highest BCUT2D eigenvalue weighted by molar-refractivity contribution is 7.12. The van der Waals surface area contributed by atoms with Gasteiger partial charge in [-0.15, -0.1) is 11.3 Å². The number of nitrogens with zero attached hydrogens (tertiary/aromatic N) is 5. The molecule has 118 valence electrons. The van der Waals surface area contributed by atoms with Crippen LogP contribution in [-0.4, -0.2) is 54.1 Å². The SMILES string of the molecule is COc1ccnc(N2CCN(C(=O)c3sccc3C#N)CC2)n1. The maximum Gasteiger partial charge on any atom is 0.265 e. The van der Waals surface area contributed by atoms with Crippen LogP contribution in [0.5, 0.6) is 5.88 Å². The number of carbonyl (C=O) groups excluding carboxylic acids is 1. The van der Waals surface area contributed by atoms with Crippen LogP contribution in [0.2, 0.25) is 0 Å². The van der Waals surface area contributed by atoms with E-state index in [1.54, 1.807) is 35.7 Å². The molecule has 1 aliphatic rings. The Morgan fingerprint density at radius 3 is 2.83 bits per heavy atom. The molecule has 1 aliphatic heterocycles. The number of aromatic nitrogens is 2. The Labute approximate surface area is 137 Å². The highest BCUT2D eigenvalue weighted by atomic mass is 32.1. The predicted octanol–water partition coefficient (Wildman–Crippen LogP) is 1.38. The molecule has 1 saturated heterocycles. The number of hydrogen-bond acceptors (Lipinski definition) is 7. The largest absolute Gasteiger partial charge is 0.481 e. The van der Waals surface area contributed by atoms with Gasteiger partial charge in [0.15, 0.2) is 0 Å². The molecule has 0 radical (unpaired) electrons. The van der Waals surface area contributed by atoms with E-state index in [2.05, 4.69) is 16.0 Å². The van der Waals surface area contributed by atoms with Crippen molar-refractivity contribution in [3.8, 4) is 11.9 Å². The van der Waals surface area contributed by atoms with Crippen LogP contribution in [0.4, 0.5) is 5.95 Å². The van der Waals surface area contributed by atoms with Crippen molar-refractivity contribution in [1.82, 2.24) is 14.9 Å². The van der Waals surface area contributed by atoms with Gasteiger partial charge in [0, 0.05) is 38.4 Å². The van der Waals surface area contributed by atoms with Crippen molar-refractivity contribution in [1.29, 1.82) is 5.26 Å². The smallest absolute Gasteiger partial charge is 0.265 e. The molecule has 3 rings (SSSR count). The topological polar surface area (TPSA) is 82.4 Å². The van der Waals surface area contributed by atoms with Crippen LogP contribution >= 0.6 is 11.3 Å². The molecule has 3 heterocycles. The molecule has 2 aromatic heterocycles. The molecule has 0 saturated carbocycles. The van der Waals surface area contributed by atoms with Gasteiger partial charge in [-0.1, -0.05) is 0 Å². The second kappa shape index (κ2) is 6.62. The second-order valence-corrected chi connectivity index (χ2v) is 5.87. The van der Waals surface area contributed by atoms with Gasteiger partial charge >= 0.3 is 0 Å². The Balaban J connectivity index is 1.66. The number of thiophene rings is 1. The molecule has 23 heavy (non-hydrogen) atoms. The number of ether oxygens (including phenoxy) is 1. The summed E-state index contributed by atoms with van der Waals surface area (Å²) in [5, 5.41) is 10.8. The van der Waals surface area contributed by atoms with Crippen molar-refractivity contribution in [3.63, 3.8) is 0 Å². The Morgan fingerprint density at radius 2 is 2.13 bits per heavy atom. The third-order valence-corrected chi connectivity index (χ3v) is 4.56. The van der Waals surface area contributed by atoms with Crippen LogP contribution in [-0.2, 0) is 0 Å². The summed E-state index contributed by atoms with van der Waals surface area (Å²) >= 11 is 1.31. The van der Waals surface area contributed by atoms with Gasteiger partial charge in [-0.2, -0.15) is 10.2 Å². The van der Waals surface area contributed by atoms with Crippen molar-refractivity contribution in [2.45, 2.75) is 0 Å². The molecule has 1 amide bonds. The van der Waals surface area contributed by atoms with Gasteiger partial charge in [-0.25, -0.2) is 4.98 Å². The highest BCUT2D eigenvalue weighted by Gasteiger charge is 2.25. The van der Waals surface area contributed by atoms with Crippen LogP contribution in [0.3, 0.4) is 0 Å². The van der Waals surface area contributed by atoms with Crippen LogP contribution in [0.1, 0.15) is 15.2 Å². The van der Waals surface area contributed by atoms with Crippen molar-refractivity contribution >= 4 is 23.2 Å². The molecule has 0 bridgehead atoms. The summed E-state index contributed by atoms with van der Waals surface area (Å²) in [4.78, 5) is 25.4.